The Morgan fingerprint density at radius 2 is 2.38 bits per heavy atom. The minimum atomic E-state index is -0.443. The molecule has 0 bridgehead atoms. The number of ether oxygens (including phenoxy) is 1. The lowest BCUT2D eigenvalue weighted by Gasteiger charge is -2.27. The van der Waals surface area contributed by atoms with Crippen LogP contribution >= 0.6 is 0 Å². The van der Waals surface area contributed by atoms with Crippen LogP contribution in [0.4, 0.5) is 0 Å². The average molecular weight is 296 g/mol. The van der Waals surface area contributed by atoms with Gasteiger partial charge < -0.3 is 19.7 Å². The maximum atomic E-state index is 9.94. The summed E-state index contributed by atoms with van der Waals surface area (Å²) in [6.45, 7) is 4.04. The Labute approximate surface area is 126 Å². The number of aliphatic hydroxyl groups is 1. The Morgan fingerprint density at radius 1 is 1.52 bits per heavy atom. The molecule has 0 amide bonds. The fourth-order valence-electron chi connectivity index (χ4n) is 2.84. The van der Waals surface area contributed by atoms with Gasteiger partial charge in [-0.3, -0.25) is 0 Å². The summed E-state index contributed by atoms with van der Waals surface area (Å²) in [5, 5.41) is 21.0. The van der Waals surface area contributed by atoms with Gasteiger partial charge in [0, 0.05) is 26.6 Å². The molecule has 3 unspecified atom stereocenters. The number of aliphatic hydroxyl groups excluding tert-OH is 1. The van der Waals surface area contributed by atoms with Crippen molar-refractivity contribution < 1.29 is 9.84 Å². The van der Waals surface area contributed by atoms with E-state index in [1.807, 2.05) is 11.6 Å². The molecule has 2 N–H and O–H groups in total. The average Bonchev–Trinajstić information content (AvgIpc) is 2.87. The lowest BCUT2D eigenvalue weighted by Crippen LogP contribution is -2.34. The highest BCUT2D eigenvalue weighted by Gasteiger charge is 2.20. The van der Waals surface area contributed by atoms with Gasteiger partial charge in [0.15, 0.2) is 0 Å². The smallest absolute Gasteiger partial charge is 0.133 e. The first-order valence-corrected chi connectivity index (χ1v) is 7.98. The molecule has 1 heterocycles. The molecule has 0 spiro atoms. The van der Waals surface area contributed by atoms with Crippen LogP contribution in [0.2, 0.25) is 0 Å². The molecule has 0 aliphatic heterocycles. The van der Waals surface area contributed by atoms with E-state index in [0.717, 1.165) is 37.5 Å². The number of aromatic nitrogens is 3. The summed E-state index contributed by atoms with van der Waals surface area (Å²) in [4.78, 5) is 0. The van der Waals surface area contributed by atoms with Crippen molar-refractivity contribution in [3.63, 3.8) is 0 Å². The fourth-order valence-corrected chi connectivity index (χ4v) is 2.84. The standard InChI is InChI=1S/C15H28N4O2/c1-12-4-3-5-14(8-12)21-10-13(20)9-16-7-6-15-18-17-11-19(15)2/h11-14,16,20H,3-10H2,1-2H3. The Balaban J connectivity index is 1.53. The van der Waals surface area contributed by atoms with Crippen molar-refractivity contribution in [2.75, 3.05) is 19.7 Å². The van der Waals surface area contributed by atoms with Gasteiger partial charge in [-0.05, 0) is 18.8 Å². The van der Waals surface area contributed by atoms with Gasteiger partial charge in [0.25, 0.3) is 0 Å². The highest BCUT2D eigenvalue weighted by atomic mass is 16.5. The molecule has 6 heteroatoms. The summed E-state index contributed by atoms with van der Waals surface area (Å²) in [5.74, 6) is 1.70. The second-order valence-corrected chi connectivity index (χ2v) is 6.19. The van der Waals surface area contributed by atoms with Gasteiger partial charge in [-0.25, -0.2) is 0 Å². The first kappa shape index (κ1) is 16.4. The van der Waals surface area contributed by atoms with Gasteiger partial charge in [-0.15, -0.1) is 10.2 Å². The number of rotatable bonds is 8. The van der Waals surface area contributed by atoms with Crippen molar-refractivity contribution in [2.45, 2.75) is 51.2 Å². The molecule has 1 aliphatic carbocycles. The first-order valence-electron chi connectivity index (χ1n) is 7.98. The van der Waals surface area contributed by atoms with Crippen molar-refractivity contribution >= 4 is 0 Å². The number of aryl methyl sites for hydroxylation is 1. The van der Waals surface area contributed by atoms with E-state index in [0.29, 0.717) is 19.3 Å². The Morgan fingerprint density at radius 3 is 3.10 bits per heavy atom. The van der Waals surface area contributed by atoms with E-state index in [9.17, 15) is 5.11 Å². The zero-order chi connectivity index (χ0) is 15.1. The largest absolute Gasteiger partial charge is 0.389 e. The van der Waals surface area contributed by atoms with Gasteiger partial charge in [-0.1, -0.05) is 19.8 Å². The van der Waals surface area contributed by atoms with E-state index < -0.39 is 6.10 Å². The molecule has 1 saturated carbocycles. The number of hydrogen-bond acceptors (Lipinski definition) is 5. The minimum Gasteiger partial charge on any atom is -0.389 e. The Kier molecular flexibility index (Phi) is 6.60. The quantitative estimate of drug-likeness (QED) is 0.698. The number of hydrogen-bond donors (Lipinski definition) is 2. The molecule has 0 aromatic carbocycles. The molecule has 1 aromatic heterocycles. The monoisotopic (exact) mass is 296 g/mol. The molecule has 21 heavy (non-hydrogen) atoms. The predicted octanol–water partition coefficient (Wildman–Crippen LogP) is 0.903. The molecule has 0 saturated heterocycles. The van der Waals surface area contributed by atoms with Crippen molar-refractivity contribution in [3.8, 4) is 0 Å². The van der Waals surface area contributed by atoms with E-state index >= 15 is 0 Å². The zero-order valence-corrected chi connectivity index (χ0v) is 13.2. The first-order chi connectivity index (χ1) is 10.1. The molecule has 1 aliphatic rings. The van der Waals surface area contributed by atoms with E-state index in [4.69, 9.17) is 4.74 Å². The van der Waals surface area contributed by atoms with E-state index in [1.54, 1.807) is 6.33 Å². The summed E-state index contributed by atoms with van der Waals surface area (Å²) in [5.41, 5.74) is 0. The maximum absolute atomic E-state index is 9.94. The molecule has 1 aromatic rings. The molecule has 6 nitrogen and oxygen atoms in total. The summed E-state index contributed by atoms with van der Waals surface area (Å²) >= 11 is 0. The predicted molar refractivity (Wildman–Crippen MR) is 81.0 cm³/mol. The maximum Gasteiger partial charge on any atom is 0.133 e. The van der Waals surface area contributed by atoms with Crippen molar-refractivity contribution in [3.05, 3.63) is 12.2 Å². The third-order valence-electron chi connectivity index (χ3n) is 4.12. The number of nitrogens with zero attached hydrogens (tertiary/aromatic N) is 3. The van der Waals surface area contributed by atoms with Crippen LogP contribution in [0.3, 0.4) is 0 Å². The summed E-state index contributed by atoms with van der Waals surface area (Å²) < 4.78 is 7.73. The summed E-state index contributed by atoms with van der Waals surface area (Å²) in [6, 6.07) is 0. The molecule has 0 radical (unpaired) electrons. The van der Waals surface area contributed by atoms with Crippen LogP contribution < -0.4 is 5.32 Å². The molecule has 120 valence electrons. The lowest BCUT2D eigenvalue weighted by molar-refractivity contribution is -0.0305. The van der Waals surface area contributed by atoms with Crippen LogP contribution in [0.15, 0.2) is 6.33 Å². The van der Waals surface area contributed by atoms with Crippen molar-refractivity contribution in [1.29, 1.82) is 0 Å². The summed E-state index contributed by atoms with van der Waals surface area (Å²) in [7, 11) is 1.93. The summed E-state index contributed by atoms with van der Waals surface area (Å²) in [6.07, 6.45) is 7.23. The van der Waals surface area contributed by atoms with E-state index in [-0.39, 0.29) is 0 Å². The van der Waals surface area contributed by atoms with Crippen LogP contribution in [-0.4, -0.2) is 51.8 Å². The van der Waals surface area contributed by atoms with Crippen LogP contribution in [-0.2, 0) is 18.2 Å². The van der Waals surface area contributed by atoms with Crippen LogP contribution in [0.5, 0.6) is 0 Å². The normalized spacial score (nSPS) is 24.1. The highest BCUT2D eigenvalue weighted by Crippen LogP contribution is 2.25. The molecular formula is C15H28N4O2. The number of nitrogens with one attached hydrogen (secondary N) is 1. The molecule has 2 rings (SSSR count). The van der Waals surface area contributed by atoms with Crippen molar-refractivity contribution in [1.82, 2.24) is 20.1 Å². The lowest BCUT2D eigenvalue weighted by atomic mass is 9.89. The molecular weight excluding hydrogens is 268 g/mol. The Bertz CT molecular complexity index is 410. The van der Waals surface area contributed by atoms with E-state index in [2.05, 4.69) is 22.4 Å². The molecule has 1 fully saturated rings. The zero-order valence-electron chi connectivity index (χ0n) is 13.2. The van der Waals surface area contributed by atoms with Gasteiger partial charge in [-0.2, -0.15) is 0 Å². The SMILES string of the molecule is CC1CCCC(OCC(O)CNCCc2nncn2C)C1. The third-order valence-corrected chi connectivity index (χ3v) is 4.12. The van der Waals surface area contributed by atoms with Gasteiger partial charge in [0.1, 0.15) is 12.2 Å². The van der Waals surface area contributed by atoms with E-state index in [1.165, 1.54) is 12.8 Å². The fraction of sp³-hybridized carbons (Fsp3) is 0.867. The van der Waals surface area contributed by atoms with Gasteiger partial charge in [0.2, 0.25) is 0 Å². The molecule has 3 atom stereocenters. The van der Waals surface area contributed by atoms with Crippen LogP contribution in [0.1, 0.15) is 38.4 Å². The van der Waals surface area contributed by atoms with Gasteiger partial charge >= 0.3 is 0 Å². The minimum absolute atomic E-state index is 0.335. The topological polar surface area (TPSA) is 72.2 Å². The van der Waals surface area contributed by atoms with Crippen molar-refractivity contribution in [2.24, 2.45) is 13.0 Å². The third kappa shape index (κ3) is 5.73. The van der Waals surface area contributed by atoms with Gasteiger partial charge in [0.05, 0.1) is 18.8 Å². The second-order valence-electron chi connectivity index (χ2n) is 6.19. The highest BCUT2D eigenvalue weighted by molar-refractivity contribution is 4.84. The van der Waals surface area contributed by atoms with Crippen LogP contribution in [0, 0.1) is 5.92 Å². The second kappa shape index (κ2) is 8.46. The Hall–Kier alpha value is -0.980. The van der Waals surface area contributed by atoms with Crippen LogP contribution in [0.25, 0.3) is 0 Å².